The van der Waals surface area contributed by atoms with E-state index in [1.54, 1.807) is 62.4 Å². The van der Waals surface area contributed by atoms with Crippen molar-refractivity contribution in [1.82, 2.24) is 0 Å². The summed E-state index contributed by atoms with van der Waals surface area (Å²) in [4.78, 5) is 68.2. The molecule has 3 aromatic carbocycles. The van der Waals surface area contributed by atoms with Gasteiger partial charge in [0.15, 0.2) is 11.6 Å². The molecule has 3 atom stereocenters. The van der Waals surface area contributed by atoms with Gasteiger partial charge in [-0.3, -0.25) is 24.0 Å². The monoisotopic (exact) mass is 583 g/mol. The van der Waals surface area contributed by atoms with E-state index in [2.05, 4.69) is 5.32 Å². The average Bonchev–Trinajstić information content (AvgIpc) is 2.98. The molecule has 0 heterocycles. The maximum Gasteiger partial charge on any atom is 0.292 e. The Morgan fingerprint density at radius 3 is 1.93 bits per heavy atom. The molecule has 0 aliphatic heterocycles. The van der Waals surface area contributed by atoms with Crippen LogP contribution in [-0.2, 0) is 19.2 Å². The molecule has 1 fully saturated rings. The molecule has 0 bridgehead atoms. The Morgan fingerprint density at radius 1 is 0.860 bits per heavy atom. The van der Waals surface area contributed by atoms with Crippen LogP contribution >= 0.6 is 0 Å². The third-order valence-corrected chi connectivity index (χ3v) is 8.31. The van der Waals surface area contributed by atoms with E-state index in [0.29, 0.717) is 28.3 Å². The van der Waals surface area contributed by atoms with Crippen molar-refractivity contribution in [3.05, 3.63) is 89.0 Å². The quantitative estimate of drug-likeness (QED) is 0.185. The van der Waals surface area contributed by atoms with E-state index in [4.69, 9.17) is 9.47 Å². The number of methoxy groups -OCH3 is 2. The van der Waals surface area contributed by atoms with Gasteiger partial charge in [0.25, 0.3) is 5.91 Å². The van der Waals surface area contributed by atoms with Crippen molar-refractivity contribution in [3.63, 3.8) is 0 Å². The number of nitrogens with one attached hydrogen (secondary N) is 1. The highest BCUT2D eigenvalue weighted by Crippen LogP contribution is 2.43. The molecule has 3 aromatic rings. The van der Waals surface area contributed by atoms with Gasteiger partial charge in [-0.15, -0.1) is 0 Å². The van der Waals surface area contributed by atoms with Crippen molar-refractivity contribution in [2.24, 2.45) is 17.3 Å². The number of aryl methyl sites for hydroxylation is 2. The lowest BCUT2D eigenvalue weighted by Gasteiger charge is -2.39. The number of rotatable bonds is 10. The molecule has 224 valence electrons. The second-order valence-electron chi connectivity index (χ2n) is 11.8. The van der Waals surface area contributed by atoms with Crippen molar-refractivity contribution in [2.45, 2.75) is 46.5 Å². The third kappa shape index (κ3) is 6.58. The number of hydrogen-bond donors (Lipinski definition) is 1. The molecular formula is C35H37NO7. The topological polar surface area (TPSA) is 116 Å². The summed E-state index contributed by atoms with van der Waals surface area (Å²) < 4.78 is 10.5. The van der Waals surface area contributed by atoms with E-state index < -0.39 is 40.6 Å². The van der Waals surface area contributed by atoms with E-state index in [1.165, 1.54) is 14.2 Å². The number of amides is 1. The standard InChI is InChI=1S/C35H37NO7/c1-20-8-7-9-21(2)30(20)36-34(41)33(40)29-32(39)27(28(37)19-35(29,3)4)18-26(22-10-14-24(42-5)15-11-22)31(38)23-12-16-25(43-6)17-13-23/h7-17,26-27,29H,18-19H2,1-6H3,(H,36,41)/t26-,27-,29+/m0/s1. The first-order valence-electron chi connectivity index (χ1n) is 14.2. The maximum absolute atomic E-state index is 14.0. The van der Waals surface area contributed by atoms with Gasteiger partial charge in [0.2, 0.25) is 5.78 Å². The van der Waals surface area contributed by atoms with E-state index in [1.807, 2.05) is 32.0 Å². The zero-order chi connectivity index (χ0) is 31.5. The fraction of sp³-hybridized carbons (Fsp3) is 0.343. The predicted octanol–water partition coefficient (Wildman–Crippen LogP) is 5.69. The van der Waals surface area contributed by atoms with Crippen LogP contribution in [0.5, 0.6) is 11.5 Å². The number of anilines is 1. The van der Waals surface area contributed by atoms with Crippen LogP contribution in [0.1, 0.15) is 59.7 Å². The minimum atomic E-state index is -1.34. The molecule has 0 spiro atoms. The Balaban J connectivity index is 1.66. The van der Waals surface area contributed by atoms with Gasteiger partial charge in [-0.05, 0) is 78.8 Å². The fourth-order valence-electron chi connectivity index (χ4n) is 5.89. The Hall–Kier alpha value is -4.59. The minimum absolute atomic E-state index is 0.0808. The molecule has 1 amide bonds. The molecule has 1 aliphatic rings. The van der Waals surface area contributed by atoms with Gasteiger partial charge in [-0.25, -0.2) is 0 Å². The van der Waals surface area contributed by atoms with Crippen molar-refractivity contribution in [2.75, 3.05) is 19.5 Å². The van der Waals surface area contributed by atoms with Gasteiger partial charge < -0.3 is 14.8 Å². The van der Waals surface area contributed by atoms with E-state index in [-0.39, 0.29) is 24.4 Å². The summed E-state index contributed by atoms with van der Waals surface area (Å²) in [7, 11) is 3.06. The molecule has 0 aromatic heterocycles. The minimum Gasteiger partial charge on any atom is -0.497 e. The van der Waals surface area contributed by atoms with Crippen molar-refractivity contribution < 1.29 is 33.4 Å². The van der Waals surface area contributed by atoms with Crippen LogP contribution in [0.25, 0.3) is 0 Å². The summed E-state index contributed by atoms with van der Waals surface area (Å²) in [5.41, 5.74) is 1.99. The van der Waals surface area contributed by atoms with Crippen molar-refractivity contribution in [3.8, 4) is 11.5 Å². The first-order valence-corrected chi connectivity index (χ1v) is 14.2. The first kappa shape index (κ1) is 31.3. The number of carbonyl (C=O) groups is 5. The molecule has 43 heavy (non-hydrogen) atoms. The van der Waals surface area contributed by atoms with Crippen LogP contribution in [-0.4, -0.2) is 43.3 Å². The van der Waals surface area contributed by atoms with Crippen LogP contribution in [0.3, 0.4) is 0 Å². The van der Waals surface area contributed by atoms with E-state index in [0.717, 1.165) is 11.1 Å². The number of ketones is 4. The van der Waals surface area contributed by atoms with Gasteiger partial charge in [-0.2, -0.15) is 0 Å². The normalized spacial score (nSPS) is 18.5. The molecule has 4 rings (SSSR count). The third-order valence-electron chi connectivity index (χ3n) is 8.31. The summed E-state index contributed by atoms with van der Waals surface area (Å²) in [5.74, 6) is -5.33. The zero-order valence-electron chi connectivity index (χ0n) is 25.4. The number of carbonyl (C=O) groups excluding carboxylic acids is 5. The summed E-state index contributed by atoms with van der Waals surface area (Å²) in [6.45, 7) is 6.93. The number of Topliss-reactive ketones (excluding diaryl/α,β-unsaturated/α-hetero) is 4. The second kappa shape index (κ2) is 12.7. The number of ether oxygens (including phenoxy) is 2. The van der Waals surface area contributed by atoms with Gasteiger partial charge in [0, 0.05) is 23.6 Å². The molecule has 0 radical (unpaired) electrons. The Morgan fingerprint density at radius 2 is 1.40 bits per heavy atom. The van der Waals surface area contributed by atoms with Crippen LogP contribution in [0, 0.1) is 31.1 Å². The van der Waals surface area contributed by atoms with Crippen LogP contribution in [0.2, 0.25) is 0 Å². The predicted molar refractivity (Wildman–Crippen MR) is 163 cm³/mol. The molecule has 0 saturated heterocycles. The molecule has 1 N–H and O–H groups in total. The fourth-order valence-corrected chi connectivity index (χ4v) is 5.89. The molecule has 0 unspecified atom stereocenters. The lowest BCUT2D eigenvalue weighted by molar-refractivity contribution is -0.153. The molecule has 8 nitrogen and oxygen atoms in total. The highest BCUT2D eigenvalue weighted by molar-refractivity contribution is 6.45. The van der Waals surface area contributed by atoms with Crippen LogP contribution in [0.4, 0.5) is 5.69 Å². The lowest BCUT2D eigenvalue weighted by atomic mass is 9.60. The number of hydrogen-bond acceptors (Lipinski definition) is 7. The maximum atomic E-state index is 14.0. The molecule has 1 aliphatic carbocycles. The van der Waals surface area contributed by atoms with Crippen LogP contribution < -0.4 is 14.8 Å². The Labute approximate surface area is 251 Å². The van der Waals surface area contributed by atoms with Gasteiger partial charge >= 0.3 is 0 Å². The van der Waals surface area contributed by atoms with E-state index >= 15 is 0 Å². The highest BCUT2D eigenvalue weighted by Gasteiger charge is 2.53. The summed E-state index contributed by atoms with van der Waals surface area (Å²) in [6, 6.07) is 19.0. The summed E-state index contributed by atoms with van der Waals surface area (Å²) in [6.07, 6.45) is -0.213. The highest BCUT2D eigenvalue weighted by atomic mass is 16.5. The van der Waals surface area contributed by atoms with Gasteiger partial charge in [-0.1, -0.05) is 44.2 Å². The van der Waals surface area contributed by atoms with Gasteiger partial charge in [0.05, 0.1) is 26.1 Å². The Kier molecular flexibility index (Phi) is 9.28. The molecule has 1 saturated carbocycles. The van der Waals surface area contributed by atoms with Crippen molar-refractivity contribution >= 4 is 34.7 Å². The number of para-hydroxylation sites is 1. The van der Waals surface area contributed by atoms with Crippen LogP contribution in [0.15, 0.2) is 66.7 Å². The average molecular weight is 584 g/mol. The molecular weight excluding hydrogens is 546 g/mol. The van der Waals surface area contributed by atoms with E-state index in [9.17, 15) is 24.0 Å². The number of benzene rings is 3. The lowest BCUT2D eigenvalue weighted by Crippen LogP contribution is -2.52. The van der Waals surface area contributed by atoms with Crippen molar-refractivity contribution in [1.29, 1.82) is 0 Å². The first-order chi connectivity index (χ1) is 20.4. The largest absolute Gasteiger partial charge is 0.497 e. The summed E-state index contributed by atoms with van der Waals surface area (Å²) >= 11 is 0. The Bertz CT molecular complexity index is 1530. The SMILES string of the molecule is COc1ccc(C(=O)[C@@H](C[C@H]2C(=O)CC(C)(C)[C@@H](C(=O)C(=O)Nc3c(C)cccc3C)C2=O)c2ccc(OC)cc2)cc1. The zero-order valence-corrected chi connectivity index (χ0v) is 25.4. The smallest absolute Gasteiger partial charge is 0.292 e. The summed E-state index contributed by atoms with van der Waals surface area (Å²) in [5, 5.41) is 2.68. The van der Waals surface area contributed by atoms with Gasteiger partial charge in [0.1, 0.15) is 17.3 Å². The molecule has 8 heteroatoms. The second-order valence-corrected chi connectivity index (χ2v) is 11.8.